The minimum atomic E-state index is -0.143. The summed E-state index contributed by atoms with van der Waals surface area (Å²) in [6.07, 6.45) is 14.7. The molecule has 0 aromatic rings. The standard InChI is InChI=1S/C18H27NO/c1-14-6-9-17(20)13-15(14)7-8-16-5-3-10-18(2)11-4-12-19(16)18/h5,7-8,17,20H,3-4,6,9-13H2,1-2H3/b8-7-/t17-,18+/m0/s1. The number of allylic oxidation sites excluding steroid dienone is 4. The van der Waals surface area contributed by atoms with Crippen LogP contribution in [0.1, 0.15) is 58.8 Å². The van der Waals surface area contributed by atoms with Gasteiger partial charge in [0.1, 0.15) is 0 Å². The highest BCUT2D eigenvalue weighted by Crippen LogP contribution is 2.40. The number of hydrogen-bond acceptors (Lipinski definition) is 2. The predicted octanol–water partition coefficient (Wildman–Crippen LogP) is 3.94. The zero-order valence-corrected chi connectivity index (χ0v) is 12.9. The largest absolute Gasteiger partial charge is 0.393 e. The Hall–Kier alpha value is -1.02. The Kier molecular flexibility index (Phi) is 3.76. The van der Waals surface area contributed by atoms with Gasteiger partial charge in [0.25, 0.3) is 0 Å². The van der Waals surface area contributed by atoms with Gasteiger partial charge in [-0.05, 0) is 70.4 Å². The van der Waals surface area contributed by atoms with Crippen molar-refractivity contribution >= 4 is 0 Å². The molecule has 0 spiro atoms. The van der Waals surface area contributed by atoms with E-state index < -0.39 is 0 Å². The summed E-state index contributed by atoms with van der Waals surface area (Å²) in [6, 6.07) is 0. The summed E-state index contributed by atoms with van der Waals surface area (Å²) in [7, 11) is 0. The van der Waals surface area contributed by atoms with Crippen molar-refractivity contribution < 1.29 is 5.11 Å². The van der Waals surface area contributed by atoms with Crippen LogP contribution in [0.3, 0.4) is 0 Å². The molecule has 0 aromatic carbocycles. The molecule has 1 saturated heterocycles. The van der Waals surface area contributed by atoms with Crippen molar-refractivity contribution in [1.29, 1.82) is 0 Å². The Morgan fingerprint density at radius 3 is 3.05 bits per heavy atom. The van der Waals surface area contributed by atoms with Crippen LogP contribution in [0, 0.1) is 0 Å². The summed E-state index contributed by atoms with van der Waals surface area (Å²) in [5.74, 6) is 0. The van der Waals surface area contributed by atoms with Gasteiger partial charge in [-0.2, -0.15) is 0 Å². The summed E-state index contributed by atoms with van der Waals surface area (Å²) < 4.78 is 0. The first-order valence-electron chi connectivity index (χ1n) is 8.11. The van der Waals surface area contributed by atoms with Gasteiger partial charge < -0.3 is 10.0 Å². The fourth-order valence-corrected chi connectivity index (χ4v) is 3.99. The van der Waals surface area contributed by atoms with Crippen LogP contribution in [0.4, 0.5) is 0 Å². The molecule has 20 heavy (non-hydrogen) atoms. The highest BCUT2D eigenvalue weighted by Gasteiger charge is 2.38. The fraction of sp³-hybridized carbons (Fsp3) is 0.667. The molecule has 0 amide bonds. The third kappa shape index (κ3) is 2.58. The number of fused-ring (bicyclic) bond motifs is 1. The zero-order chi connectivity index (χ0) is 14.2. The van der Waals surface area contributed by atoms with Crippen LogP contribution in [-0.4, -0.2) is 28.2 Å². The quantitative estimate of drug-likeness (QED) is 0.824. The van der Waals surface area contributed by atoms with Crippen LogP contribution in [0.5, 0.6) is 0 Å². The third-order valence-corrected chi connectivity index (χ3v) is 5.41. The van der Waals surface area contributed by atoms with Crippen molar-refractivity contribution in [1.82, 2.24) is 4.90 Å². The SMILES string of the molecule is CC1=C(/C=C\C2=CCC[C@]3(C)CCCN23)C[C@@H](O)CC1. The molecule has 2 atom stereocenters. The van der Waals surface area contributed by atoms with E-state index in [-0.39, 0.29) is 6.10 Å². The molecule has 0 aromatic heterocycles. The molecule has 2 heteroatoms. The molecule has 3 rings (SSSR count). The second kappa shape index (κ2) is 5.40. The predicted molar refractivity (Wildman–Crippen MR) is 83.4 cm³/mol. The molecule has 1 fully saturated rings. The summed E-state index contributed by atoms with van der Waals surface area (Å²) in [4.78, 5) is 2.60. The number of nitrogens with zero attached hydrogens (tertiary/aromatic N) is 1. The van der Waals surface area contributed by atoms with Gasteiger partial charge in [0.2, 0.25) is 0 Å². The summed E-state index contributed by atoms with van der Waals surface area (Å²) in [6.45, 7) is 5.82. The lowest BCUT2D eigenvalue weighted by Crippen LogP contribution is -2.41. The van der Waals surface area contributed by atoms with Gasteiger partial charge in [0.05, 0.1) is 6.10 Å². The van der Waals surface area contributed by atoms with E-state index in [2.05, 4.69) is 37.0 Å². The van der Waals surface area contributed by atoms with Gasteiger partial charge in [-0.25, -0.2) is 0 Å². The maximum absolute atomic E-state index is 9.83. The smallest absolute Gasteiger partial charge is 0.0583 e. The second-order valence-electron chi connectivity index (χ2n) is 6.96. The first kappa shape index (κ1) is 13.9. The number of hydrogen-bond donors (Lipinski definition) is 1. The Balaban J connectivity index is 1.77. The van der Waals surface area contributed by atoms with E-state index in [0.29, 0.717) is 5.54 Å². The Morgan fingerprint density at radius 2 is 2.20 bits per heavy atom. The van der Waals surface area contributed by atoms with Crippen LogP contribution in [-0.2, 0) is 0 Å². The lowest BCUT2D eigenvalue weighted by molar-refractivity contribution is 0.159. The van der Waals surface area contributed by atoms with E-state index in [1.807, 2.05) is 0 Å². The van der Waals surface area contributed by atoms with Crippen LogP contribution in [0.15, 0.2) is 35.1 Å². The monoisotopic (exact) mass is 273 g/mol. The second-order valence-corrected chi connectivity index (χ2v) is 6.96. The van der Waals surface area contributed by atoms with Gasteiger partial charge in [-0.15, -0.1) is 0 Å². The van der Waals surface area contributed by atoms with E-state index >= 15 is 0 Å². The summed E-state index contributed by atoms with van der Waals surface area (Å²) >= 11 is 0. The van der Waals surface area contributed by atoms with Crippen molar-refractivity contribution in [3.8, 4) is 0 Å². The zero-order valence-electron chi connectivity index (χ0n) is 12.9. The highest BCUT2D eigenvalue weighted by molar-refractivity contribution is 5.34. The number of rotatable bonds is 2. The van der Waals surface area contributed by atoms with E-state index in [0.717, 1.165) is 19.3 Å². The molecular weight excluding hydrogens is 246 g/mol. The van der Waals surface area contributed by atoms with Gasteiger partial charge >= 0.3 is 0 Å². The summed E-state index contributed by atoms with van der Waals surface area (Å²) in [5.41, 5.74) is 4.59. The maximum Gasteiger partial charge on any atom is 0.0583 e. The lowest BCUT2D eigenvalue weighted by atomic mass is 9.88. The molecule has 1 N–H and O–H groups in total. The normalized spacial score (nSPS) is 34.6. The van der Waals surface area contributed by atoms with Gasteiger partial charge in [-0.1, -0.05) is 17.7 Å². The topological polar surface area (TPSA) is 23.5 Å². The molecule has 2 nitrogen and oxygen atoms in total. The lowest BCUT2D eigenvalue weighted by Gasteiger charge is -2.41. The van der Waals surface area contributed by atoms with Crippen molar-refractivity contribution in [2.45, 2.75) is 70.4 Å². The molecule has 0 unspecified atom stereocenters. The van der Waals surface area contributed by atoms with Gasteiger partial charge in [0, 0.05) is 17.8 Å². The number of aliphatic hydroxyl groups is 1. The van der Waals surface area contributed by atoms with Crippen LogP contribution in [0.25, 0.3) is 0 Å². The molecule has 110 valence electrons. The molecular formula is C18H27NO. The highest BCUT2D eigenvalue weighted by atomic mass is 16.3. The first-order chi connectivity index (χ1) is 9.58. The molecule has 0 saturated carbocycles. The van der Waals surface area contributed by atoms with Crippen molar-refractivity contribution in [2.24, 2.45) is 0 Å². The molecule has 0 radical (unpaired) electrons. The average molecular weight is 273 g/mol. The molecule has 0 bridgehead atoms. The van der Waals surface area contributed by atoms with Gasteiger partial charge in [-0.3, -0.25) is 0 Å². The summed E-state index contributed by atoms with van der Waals surface area (Å²) in [5, 5.41) is 9.83. The first-order valence-corrected chi connectivity index (χ1v) is 8.11. The van der Waals surface area contributed by atoms with Gasteiger partial charge in [0.15, 0.2) is 0 Å². The third-order valence-electron chi connectivity index (χ3n) is 5.41. The minimum Gasteiger partial charge on any atom is -0.393 e. The van der Waals surface area contributed by atoms with Crippen LogP contribution < -0.4 is 0 Å². The van der Waals surface area contributed by atoms with Crippen LogP contribution >= 0.6 is 0 Å². The van der Waals surface area contributed by atoms with Crippen LogP contribution in [0.2, 0.25) is 0 Å². The fourth-order valence-electron chi connectivity index (χ4n) is 3.99. The van der Waals surface area contributed by atoms with E-state index in [9.17, 15) is 5.11 Å². The van der Waals surface area contributed by atoms with Crippen molar-refractivity contribution in [3.05, 3.63) is 35.1 Å². The van der Waals surface area contributed by atoms with E-state index in [4.69, 9.17) is 0 Å². The maximum atomic E-state index is 9.83. The van der Waals surface area contributed by atoms with Crippen molar-refractivity contribution in [2.75, 3.05) is 6.54 Å². The molecule has 2 heterocycles. The molecule has 1 aliphatic carbocycles. The number of aliphatic hydroxyl groups excluding tert-OH is 1. The Morgan fingerprint density at radius 1 is 1.35 bits per heavy atom. The van der Waals surface area contributed by atoms with E-state index in [1.165, 1.54) is 49.1 Å². The van der Waals surface area contributed by atoms with Crippen molar-refractivity contribution in [3.63, 3.8) is 0 Å². The molecule has 2 aliphatic heterocycles. The van der Waals surface area contributed by atoms with E-state index in [1.54, 1.807) is 0 Å². The molecule has 3 aliphatic rings. The minimum absolute atomic E-state index is 0.143. The average Bonchev–Trinajstić information content (AvgIpc) is 2.82. The Bertz CT molecular complexity index is 474. The Labute approximate surface area is 122 Å².